The monoisotopic (exact) mass is 488 g/mol. The Balaban J connectivity index is 1.44. The number of hydrogen-bond donors (Lipinski definition) is 1. The van der Waals surface area contributed by atoms with E-state index in [4.69, 9.17) is 5.26 Å². The summed E-state index contributed by atoms with van der Waals surface area (Å²) in [7, 11) is 0. The van der Waals surface area contributed by atoms with Gasteiger partial charge < -0.3 is 5.32 Å². The van der Waals surface area contributed by atoms with Crippen LogP contribution in [0.25, 0.3) is 27.7 Å². The van der Waals surface area contributed by atoms with Gasteiger partial charge in [-0.15, -0.1) is 0 Å². The maximum absolute atomic E-state index is 13.4. The van der Waals surface area contributed by atoms with E-state index in [1.807, 2.05) is 60.7 Å². The van der Waals surface area contributed by atoms with E-state index in [1.54, 1.807) is 42.5 Å². The van der Waals surface area contributed by atoms with Gasteiger partial charge in [-0.2, -0.15) is 5.26 Å². The number of thioether (sulfide) groups is 1. The molecule has 7 heteroatoms. The predicted octanol–water partition coefficient (Wildman–Crippen LogP) is 5.66. The van der Waals surface area contributed by atoms with Gasteiger partial charge in [0, 0.05) is 11.3 Å². The zero-order chi connectivity index (χ0) is 24.9. The number of carbonyl (C=O) groups excluding carboxylic acids is 1. The zero-order valence-corrected chi connectivity index (χ0v) is 19.9. The van der Waals surface area contributed by atoms with Gasteiger partial charge in [-0.25, -0.2) is 4.98 Å². The molecule has 0 fully saturated rings. The van der Waals surface area contributed by atoms with Gasteiger partial charge in [0.2, 0.25) is 5.91 Å². The van der Waals surface area contributed by atoms with Crippen molar-refractivity contribution >= 4 is 34.3 Å². The lowest BCUT2D eigenvalue weighted by atomic mass is 10.0. The number of benzene rings is 4. The van der Waals surface area contributed by atoms with Crippen LogP contribution in [-0.4, -0.2) is 21.2 Å². The van der Waals surface area contributed by atoms with Crippen LogP contribution in [-0.2, 0) is 4.79 Å². The summed E-state index contributed by atoms with van der Waals surface area (Å²) in [6.45, 7) is 0. The molecule has 4 aromatic carbocycles. The molecule has 0 aliphatic heterocycles. The van der Waals surface area contributed by atoms with Gasteiger partial charge in [0.25, 0.3) is 5.56 Å². The summed E-state index contributed by atoms with van der Waals surface area (Å²) in [5, 5.41) is 13.0. The lowest BCUT2D eigenvalue weighted by Gasteiger charge is -2.14. The number of anilines is 1. The van der Waals surface area contributed by atoms with Crippen molar-refractivity contribution in [2.45, 2.75) is 5.16 Å². The Kier molecular flexibility index (Phi) is 6.61. The van der Waals surface area contributed by atoms with Crippen LogP contribution in [0.3, 0.4) is 0 Å². The highest BCUT2D eigenvalue weighted by Gasteiger charge is 2.16. The summed E-state index contributed by atoms with van der Waals surface area (Å²) in [5.74, 6) is -0.151. The van der Waals surface area contributed by atoms with E-state index in [0.717, 1.165) is 11.1 Å². The van der Waals surface area contributed by atoms with Crippen LogP contribution in [0.2, 0.25) is 0 Å². The van der Waals surface area contributed by atoms with Gasteiger partial charge in [-0.05, 0) is 48.0 Å². The Labute approximate surface area is 211 Å². The number of nitrogens with one attached hydrogen (secondary N) is 1. The number of nitriles is 1. The Bertz CT molecular complexity index is 1660. The Morgan fingerprint density at radius 1 is 0.889 bits per heavy atom. The Hall–Kier alpha value is -4.67. The van der Waals surface area contributed by atoms with Gasteiger partial charge in [0.1, 0.15) is 0 Å². The number of rotatable bonds is 6. The van der Waals surface area contributed by atoms with Gasteiger partial charge in [0.05, 0.1) is 34.0 Å². The lowest BCUT2D eigenvalue weighted by Crippen LogP contribution is -2.23. The van der Waals surface area contributed by atoms with E-state index >= 15 is 0 Å². The number of nitrogens with zero attached hydrogens (tertiary/aromatic N) is 3. The molecule has 0 saturated heterocycles. The van der Waals surface area contributed by atoms with Crippen molar-refractivity contribution in [2.75, 3.05) is 11.1 Å². The minimum absolute atomic E-state index is 0.0597. The quantitative estimate of drug-likeness (QED) is 0.246. The first-order valence-corrected chi connectivity index (χ1v) is 12.2. The lowest BCUT2D eigenvalue weighted by molar-refractivity contribution is -0.113. The minimum Gasteiger partial charge on any atom is -0.325 e. The van der Waals surface area contributed by atoms with Crippen molar-refractivity contribution in [3.05, 3.63) is 119 Å². The summed E-state index contributed by atoms with van der Waals surface area (Å²) >= 11 is 1.18. The number of fused-ring (bicyclic) bond motifs is 1. The highest BCUT2D eigenvalue weighted by atomic mass is 32.2. The molecule has 0 bridgehead atoms. The molecular formula is C29H20N4O2S. The average molecular weight is 489 g/mol. The van der Waals surface area contributed by atoms with Gasteiger partial charge in [0.15, 0.2) is 5.16 Å². The average Bonchev–Trinajstić information content (AvgIpc) is 2.93. The zero-order valence-electron chi connectivity index (χ0n) is 19.1. The molecule has 1 N–H and O–H groups in total. The third-order valence-electron chi connectivity index (χ3n) is 5.62. The van der Waals surface area contributed by atoms with E-state index in [-0.39, 0.29) is 17.2 Å². The third-order valence-corrected chi connectivity index (χ3v) is 6.56. The SMILES string of the molecule is N#Cc1ccc(-n2c(SCC(=O)Nc3ccccc3-c3ccccc3)nc3ccccc3c2=O)cc1. The van der Waals surface area contributed by atoms with E-state index in [9.17, 15) is 9.59 Å². The molecule has 0 radical (unpaired) electrons. The summed E-state index contributed by atoms with van der Waals surface area (Å²) in [6.07, 6.45) is 0. The van der Waals surface area contributed by atoms with E-state index in [0.29, 0.717) is 33.0 Å². The summed E-state index contributed by atoms with van der Waals surface area (Å²) in [6, 6.07) is 33.4. The largest absolute Gasteiger partial charge is 0.325 e. The first kappa shape index (κ1) is 23.1. The van der Waals surface area contributed by atoms with Crippen LogP contribution in [0.1, 0.15) is 5.56 Å². The molecule has 6 nitrogen and oxygen atoms in total. The van der Waals surface area contributed by atoms with E-state index in [2.05, 4.69) is 16.4 Å². The van der Waals surface area contributed by atoms with Crippen molar-refractivity contribution in [1.29, 1.82) is 5.26 Å². The first-order valence-electron chi connectivity index (χ1n) is 11.2. The van der Waals surface area contributed by atoms with Crippen molar-refractivity contribution in [2.24, 2.45) is 0 Å². The Morgan fingerprint density at radius 3 is 2.36 bits per heavy atom. The summed E-state index contributed by atoms with van der Waals surface area (Å²) in [4.78, 5) is 31.0. The number of para-hydroxylation sites is 2. The Morgan fingerprint density at radius 2 is 1.58 bits per heavy atom. The van der Waals surface area contributed by atoms with Crippen LogP contribution in [0.15, 0.2) is 113 Å². The molecule has 5 aromatic rings. The highest BCUT2D eigenvalue weighted by Crippen LogP contribution is 2.28. The fourth-order valence-corrected chi connectivity index (χ4v) is 4.71. The second-order valence-corrected chi connectivity index (χ2v) is 8.90. The topological polar surface area (TPSA) is 87.8 Å². The fraction of sp³-hybridized carbons (Fsp3) is 0.0345. The van der Waals surface area contributed by atoms with Crippen LogP contribution in [0, 0.1) is 11.3 Å². The molecule has 36 heavy (non-hydrogen) atoms. The van der Waals surface area contributed by atoms with Gasteiger partial charge >= 0.3 is 0 Å². The number of aromatic nitrogens is 2. The van der Waals surface area contributed by atoms with Crippen LogP contribution in [0.5, 0.6) is 0 Å². The van der Waals surface area contributed by atoms with Crippen LogP contribution in [0.4, 0.5) is 5.69 Å². The minimum atomic E-state index is -0.234. The molecule has 174 valence electrons. The van der Waals surface area contributed by atoms with Crippen LogP contribution >= 0.6 is 11.8 Å². The number of carbonyl (C=O) groups is 1. The number of amides is 1. The fourth-order valence-electron chi connectivity index (χ4n) is 3.90. The molecule has 0 aliphatic rings. The summed E-state index contributed by atoms with van der Waals surface area (Å²) < 4.78 is 1.49. The maximum Gasteiger partial charge on any atom is 0.266 e. The molecule has 1 heterocycles. The normalized spacial score (nSPS) is 10.6. The highest BCUT2D eigenvalue weighted by molar-refractivity contribution is 7.99. The maximum atomic E-state index is 13.4. The molecule has 1 aromatic heterocycles. The van der Waals surface area contributed by atoms with E-state index < -0.39 is 0 Å². The standard InChI is InChI=1S/C29H20N4O2S/c30-18-20-14-16-22(17-15-20)33-28(35)24-11-5-7-13-26(24)32-29(33)36-19-27(34)31-25-12-6-4-10-23(25)21-8-2-1-3-9-21/h1-17H,19H2,(H,31,34). The molecule has 0 unspecified atom stereocenters. The molecule has 0 saturated carbocycles. The second-order valence-electron chi connectivity index (χ2n) is 7.96. The predicted molar refractivity (Wildman–Crippen MR) is 143 cm³/mol. The van der Waals surface area contributed by atoms with Gasteiger partial charge in [-0.1, -0.05) is 72.4 Å². The molecule has 0 atom stereocenters. The molecular weight excluding hydrogens is 468 g/mol. The van der Waals surface area contributed by atoms with Gasteiger partial charge in [-0.3, -0.25) is 14.2 Å². The molecule has 1 amide bonds. The second kappa shape index (κ2) is 10.3. The first-order chi connectivity index (χ1) is 17.6. The molecule has 0 spiro atoms. The van der Waals surface area contributed by atoms with Crippen molar-refractivity contribution < 1.29 is 4.79 Å². The van der Waals surface area contributed by atoms with E-state index in [1.165, 1.54) is 16.3 Å². The van der Waals surface area contributed by atoms with Crippen molar-refractivity contribution in [1.82, 2.24) is 9.55 Å². The van der Waals surface area contributed by atoms with Crippen LogP contribution < -0.4 is 10.9 Å². The number of hydrogen-bond acceptors (Lipinski definition) is 5. The molecule has 5 rings (SSSR count). The van der Waals surface area contributed by atoms with Crippen molar-refractivity contribution in [3.63, 3.8) is 0 Å². The van der Waals surface area contributed by atoms with Crippen molar-refractivity contribution in [3.8, 4) is 22.9 Å². The smallest absolute Gasteiger partial charge is 0.266 e. The molecule has 0 aliphatic carbocycles. The third kappa shape index (κ3) is 4.76. The summed E-state index contributed by atoms with van der Waals surface area (Å²) in [5.41, 5.74) is 4.04.